The lowest BCUT2D eigenvalue weighted by Gasteiger charge is -2.03. The van der Waals surface area contributed by atoms with Crippen LogP contribution < -0.4 is 0 Å². The van der Waals surface area contributed by atoms with Crippen molar-refractivity contribution < 1.29 is 9.90 Å². The van der Waals surface area contributed by atoms with Crippen LogP contribution in [0.15, 0.2) is 11.4 Å². The summed E-state index contributed by atoms with van der Waals surface area (Å²) in [6.45, 7) is 6.88. The van der Waals surface area contributed by atoms with Crippen LogP contribution in [0.1, 0.15) is 34.4 Å². The molecule has 0 amide bonds. The van der Waals surface area contributed by atoms with Gasteiger partial charge in [-0.1, -0.05) is 6.92 Å². The van der Waals surface area contributed by atoms with Gasteiger partial charge in [0.25, 0.3) is 0 Å². The molecule has 18 heavy (non-hydrogen) atoms. The van der Waals surface area contributed by atoms with E-state index >= 15 is 0 Å². The molecule has 0 spiro atoms. The number of rotatable bonds is 4. The van der Waals surface area contributed by atoms with Crippen molar-refractivity contribution >= 4 is 17.3 Å². The zero-order valence-corrected chi connectivity index (χ0v) is 11.5. The predicted molar refractivity (Wildman–Crippen MR) is 72.3 cm³/mol. The van der Waals surface area contributed by atoms with Crippen molar-refractivity contribution in [2.45, 2.75) is 33.7 Å². The first-order valence-corrected chi connectivity index (χ1v) is 6.79. The largest absolute Gasteiger partial charge is 0.477 e. The highest BCUT2D eigenvalue weighted by Gasteiger charge is 2.20. The van der Waals surface area contributed by atoms with E-state index in [-0.39, 0.29) is 0 Å². The van der Waals surface area contributed by atoms with Crippen LogP contribution in [0.2, 0.25) is 0 Å². The maximum Gasteiger partial charge on any atom is 0.346 e. The summed E-state index contributed by atoms with van der Waals surface area (Å²) in [6, 6.07) is 1.86. The lowest BCUT2D eigenvalue weighted by molar-refractivity contribution is 0.0703. The highest BCUT2D eigenvalue weighted by molar-refractivity contribution is 7.12. The predicted octanol–water partition coefficient (Wildman–Crippen LogP) is 3.34. The van der Waals surface area contributed by atoms with Crippen LogP contribution in [0.4, 0.5) is 0 Å². The lowest BCUT2D eigenvalue weighted by Crippen LogP contribution is -2.01. The van der Waals surface area contributed by atoms with Crippen LogP contribution in [0.3, 0.4) is 0 Å². The molecule has 0 atom stereocenters. The van der Waals surface area contributed by atoms with Gasteiger partial charge in [0.15, 0.2) is 0 Å². The minimum Gasteiger partial charge on any atom is -0.477 e. The number of aromatic nitrogens is 2. The minimum atomic E-state index is -0.873. The minimum absolute atomic E-state index is 0.386. The van der Waals surface area contributed by atoms with Gasteiger partial charge in [-0.25, -0.2) is 4.79 Å². The van der Waals surface area contributed by atoms with Gasteiger partial charge in [-0.05, 0) is 31.7 Å². The maximum absolute atomic E-state index is 11.2. The summed E-state index contributed by atoms with van der Waals surface area (Å²) < 4.78 is 1.95. The highest BCUT2D eigenvalue weighted by Crippen LogP contribution is 2.33. The second-order valence-electron chi connectivity index (χ2n) is 4.24. The number of hydrogen-bond donors (Lipinski definition) is 1. The van der Waals surface area contributed by atoms with E-state index in [0.29, 0.717) is 4.88 Å². The van der Waals surface area contributed by atoms with Gasteiger partial charge in [0.05, 0.1) is 5.69 Å². The Morgan fingerprint density at radius 1 is 1.50 bits per heavy atom. The van der Waals surface area contributed by atoms with Crippen molar-refractivity contribution in [2.24, 2.45) is 0 Å². The van der Waals surface area contributed by atoms with Crippen LogP contribution in [-0.4, -0.2) is 20.9 Å². The topological polar surface area (TPSA) is 55.1 Å². The molecule has 0 saturated heterocycles. The highest BCUT2D eigenvalue weighted by atomic mass is 32.1. The van der Waals surface area contributed by atoms with E-state index in [4.69, 9.17) is 0 Å². The van der Waals surface area contributed by atoms with Crippen LogP contribution in [-0.2, 0) is 6.54 Å². The van der Waals surface area contributed by atoms with Gasteiger partial charge in [-0.15, -0.1) is 11.3 Å². The molecule has 0 aromatic carbocycles. The van der Waals surface area contributed by atoms with Crippen molar-refractivity contribution in [1.82, 2.24) is 9.78 Å². The molecule has 1 N–H and O–H groups in total. The average molecular weight is 264 g/mol. The molecule has 0 radical (unpaired) electrons. The van der Waals surface area contributed by atoms with E-state index < -0.39 is 5.97 Å². The number of carboxylic acids is 1. The molecule has 2 rings (SSSR count). The van der Waals surface area contributed by atoms with Crippen molar-refractivity contribution in [3.63, 3.8) is 0 Å². The van der Waals surface area contributed by atoms with E-state index in [1.54, 1.807) is 0 Å². The summed E-state index contributed by atoms with van der Waals surface area (Å²) in [5.41, 5.74) is 3.67. The fraction of sp³-hybridized carbons (Fsp3) is 0.385. The molecule has 0 aliphatic carbocycles. The van der Waals surface area contributed by atoms with E-state index in [1.165, 1.54) is 11.3 Å². The molecular formula is C13H16N2O2S. The van der Waals surface area contributed by atoms with Crippen molar-refractivity contribution in [3.8, 4) is 11.1 Å². The first-order chi connectivity index (χ1) is 8.56. The Morgan fingerprint density at radius 2 is 2.22 bits per heavy atom. The van der Waals surface area contributed by atoms with Gasteiger partial charge in [0.2, 0.25) is 0 Å². The van der Waals surface area contributed by atoms with Gasteiger partial charge < -0.3 is 5.11 Å². The molecule has 0 saturated carbocycles. The summed E-state index contributed by atoms with van der Waals surface area (Å²) in [6.07, 6.45) is 1.01. The third-order valence-corrected chi connectivity index (χ3v) is 3.85. The number of carboxylic acid groups (broad SMARTS) is 1. The quantitative estimate of drug-likeness (QED) is 0.921. The van der Waals surface area contributed by atoms with Crippen LogP contribution >= 0.6 is 11.3 Å². The Labute approximate surface area is 110 Å². The second kappa shape index (κ2) is 4.94. The normalized spacial score (nSPS) is 10.8. The molecule has 0 fully saturated rings. The monoisotopic (exact) mass is 264 g/mol. The molecule has 96 valence electrons. The van der Waals surface area contributed by atoms with E-state index in [0.717, 1.165) is 35.5 Å². The van der Waals surface area contributed by atoms with Crippen LogP contribution in [0.25, 0.3) is 11.1 Å². The number of hydrogen-bond acceptors (Lipinski definition) is 3. The van der Waals surface area contributed by atoms with Crippen molar-refractivity contribution in [3.05, 3.63) is 27.7 Å². The molecule has 0 aliphatic heterocycles. The molecule has 2 aromatic rings. The average Bonchev–Trinajstić information content (AvgIpc) is 2.86. The Kier molecular flexibility index (Phi) is 3.52. The number of nitrogens with zero attached hydrogens (tertiary/aromatic N) is 2. The van der Waals surface area contributed by atoms with Gasteiger partial charge in [-0.2, -0.15) is 5.10 Å². The zero-order valence-electron chi connectivity index (χ0n) is 10.7. The zero-order chi connectivity index (χ0) is 13.3. The summed E-state index contributed by atoms with van der Waals surface area (Å²) in [5.74, 6) is -0.873. The maximum atomic E-state index is 11.2. The number of aryl methyl sites for hydroxylation is 2. The molecule has 0 aliphatic rings. The third-order valence-electron chi connectivity index (χ3n) is 2.95. The number of thiophene rings is 1. The standard InChI is InChI=1S/C13H16N2O2S/c1-4-6-15-9(3)11(8(2)14-15)10-5-7-18-12(10)13(16)17/h5,7H,4,6H2,1-3H3,(H,16,17). The molecule has 2 heterocycles. The fourth-order valence-corrected chi connectivity index (χ4v) is 2.93. The Bertz CT molecular complexity index is 584. The number of carbonyl (C=O) groups is 1. The molecule has 0 unspecified atom stereocenters. The number of aromatic carboxylic acids is 1. The van der Waals surface area contributed by atoms with Crippen molar-refractivity contribution in [2.75, 3.05) is 0 Å². The first-order valence-electron chi connectivity index (χ1n) is 5.91. The van der Waals surface area contributed by atoms with E-state index in [1.807, 2.05) is 30.0 Å². The van der Waals surface area contributed by atoms with Crippen molar-refractivity contribution in [1.29, 1.82) is 0 Å². The van der Waals surface area contributed by atoms with Crippen LogP contribution in [0, 0.1) is 13.8 Å². The summed E-state index contributed by atoms with van der Waals surface area (Å²) in [4.78, 5) is 11.6. The molecule has 0 bridgehead atoms. The Morgan fingerprint density at radius 3 is 2.83 bits per heavy atom. The molecule has 4 nitrogen and oxygen atoms in total. The van der Waals surface area contributed by atoms with E-state index in [9.17, 15) is 9.90 Å². The van der Waals surface area contributed by atoms with Gasteiger partial charge >= 0.3 is 5.97 Å². The van der Waals surface area contributed by atoms with Crippen LogP contribution in [0.5, 0.6) is 0 Å². The SMILES string of the molecule is CCCn1nc(C)c(-c2ccsc2C(=O)O)c1C. The Balaban J connectivity index is 2.57. The molecule has 5 heteroatoms. The summed E-state index contributed by atoms with van der Waals surface area (Å²) in [5, 5.41) is 15.5. The molecule has 2 aromatic heterocycles. The smallest absolute Gasteiger partial charge is 0.346 e. The lowest BCUT2D eigenvalue weighted by atomic mass is 10.0. The fourth-order valence-electron chi connectivity index (χ4n) is 2.19. The second-order valence-corrected chi connectivity index (χ2v) is 5.15. The van der Waals surface area contributed by atoms with E-state index in [2.05, 4.69) is 12.0 Å². The first kappa shape index (κ1) is 12.8. The summed E-state index contributed by atoms with van der Waals surface area (Å²) >= 11 is 1.26. The molecular weight excluding hydrogens is 248 g/mol. The van der Waals surface area contributed by atoms with Gasteiger partial charge in [-0.3, -0.25) is 4.68 Å². The summed E-state index contributed by atoms with van der Waals surface area (Å²) in [7, 11) is 0. The Hall–Kier alpha value is -1.62. The van der Waals surface area contributed by atoms with Gasteiger partial charge in [0, 0.05) is 23.4 Å². The van der Waals surface area contributed by atoms with Gasteiger partial charge in [0.1, 0.15) is 4.88 Å². The third kappa shape index (κ3) is 2.06.